The summed E-state index contributed by atoms with van der Waals surface area (Å²) < 4.78 is 3.32. The highest BCUT2D eigenvalue weighted by Crippen LogP contribution is 2.26. The van der Waals surface area contributed by atoms with Gasteiger partial charge in [0, 0.05) is 25.9 Å². The number of nitrogens with one attached hydrogen (secondary N) is 1. The van der Waals surface area contributed by atoms with E-state index in [0.717, 1.165) is 5.56 Å². The molecule has 3 rings (SSSR count). The molecule has 2 aromatic heterocycles. The van der Waals surface area contributed by atoms with Gasteiger partial charge in [0.2, 0.25) is 5.91 Å². The predicted molar refractivity (Wildman–Crippen MR) is 88.3 cm³/mol. The highest BCUT2D eigenvalue weighted by molar-refractivity contribution is 6.06. The summed E-state index contributed by atoms with van der Waals surface area (Å²) in [6, 6.07) is 8.75. The van der Waals surface area contributed by atoms with Crippen molar-refractivity contribution in [2.24, 2.45) is 19.8 Å². The van der Waals surface area contributed by atoms with Gasteiger partial charge in [-0.25, -0.2) is 0 Å². The van der Waals surface area contributed by atoms with Crippen LogP contribution in [0.15, 0.2) is 42.9 Å². The molecule has 0 aliphatic carbocycles. The third kappa shape index (κ3) is 2.76. The first-order valence-corrected chi connectivity index (χ1v) is 7.18. The van der Waals surface area contributed by atoms with Gasteiger partial charge in [0.25, 0.3) is 5.91 Å². The van der Waals surface area contributed by atoms with Crippen LogP contribution < -0.4 is 11.1 Å². The van der Waals surface area contributed by atoms with Crippen LogP contribution in [0.3, 0.4) is 0 Å². The lowest BCUT2D eigenvalue weighted by Gasteiger charge is -2.10. The van der Waals surface area contributed by atoms with Gasteiger partial charge in [-0.2, -0.15) is 0 Å². The van der Waals surface area contributed by atoms with Crippen molar-refractivity contribution in [1.29, 1.82) is 0 Å². The molecule has 2 amide bonds. The summed E-state index contributed by atoms with van der Waals surface area (Å²) in [5.74, 6) is -0.292. The molecule has 8 heteroatoms. The van der Waals surface area contributed by atoms with Gasteiger partial charge in [-0.15, -0.1) is 10.2 Å². The summed E-state index contributed by atoms with van der Waals surface area (Å²) >= 11 is 0. The molecule has 0 aliphatic heterocycles. The summed E-state index contributed by atoms with van der Waals surface area (Å²) in [6.07, 6.45) is 3.11. The number of nitrogens with zero attached hydrogens (tertiary/aromatic N) is 4. The number of carbonyl (C=O) groups is 2. The molecule has 0 fully saturated rings. The van der Waals surface area contributed by atoms with Crippen molar-refractivity contribution in [1.82, 2.24) is 19.3 Å². The first-order chi connectivity index (χ1) is 11.5. The van der Waals surface area contributed by atoms with Crippen molar-refractivity contribution in [2.75, 3.05) is 5.32 Å². The number of carbonyl (C=O) groups excluding carboxylic acids is 2. The lowest BCUT2D eigenvalue weighted by Crippen LogP contribution is -2.16. The third-order valence-corrected chi connectivity index (χ3v) is 3.65. The third-order valence-electron chi connectivity index (χ3n) is 3.65. The lowest BCUT2D eigenvalue weighted by atomic mass is 10.1. The number of benzene rings is 1. The van der Waals surface area contributed by atoms with Gasteiger partial charge in [0.05, 0.1) is 11.3 Å². The average molecular weight is 324 g/mol. The fourth-order valence-corrected chi connectivity index (χ4v) is 2.43. The number of aromatic nitrogens is 4. The second kappa shape index (κ2) is 5.99. The SMILES string of the molecule is Cn1cc(C(N)=O)cc1C(=O)Nc1ccccc1-c1nncn1C. The summed E-state index contributed by atoms with van der Waals surface area (Å²) in [5, 5.41) is 10.8. The van der Waals surface area contributed by atoms with E-state index in [0.29, 0.717) is 17.2 Å². The molecule has 0 unspecified atom stereocenters. The maximum atomic E-state index is 12.6. The Bertz CT molecular complexity index is 924. The molecule has 122 valence electrons. The summed E-state index contributed by atoms with van der Waals surface area (Å²) in [7, 11) is 3.50. The van der Waals surface area contributed by atoms with Gasteiger partial charge < -0.3 is 20.2 Å². The minimum Gasteiger partial charge on any atom is -0.366 e. The molecular weight excluding hydrogens is 308 g/mol. The van der Waals surface area contributed by atoms with Crippen molar-refractivity contribution in [2.45, 2.75) is 0 Å². The van der Waals surface area contributed by atoms with Crippen molar-refractivity contribution < 1.29 is 9.59 Å². The fourth-order valence-electron chi connectivity index (χ4n) is 2.43. The molecule has 0 saturated carbocycles. The van der Waals surface area contributed by atoms with Crippen LogP contribution in [0.4, 0.5) is 5.69 Å². The van der Waals surface area contributed by atoms with Crippen LogP contribution in [0.5, 0.6) is 0 Å². The van der Waals surface area contributed by atoms with E-state index in [4.69, 9.17) is 5.73 Å². The van der Waals surface area contributed by atoms with Crippen LogP contribution >= 0.6 is 0 Å². The van der Waals surface area contributed by atoms with Crippen LogP contribution in [0.25, 0.3) is 11.4 Å². The summed E-state index contributed by atoms with van der Waals surface area (Å²) in [5.41, 5.74) is 7.21. The number of hydrogen-bond donors (Lipinski definition) is 2. The van der Waals surface area contributed by atoms with Crippen LogP contribution in [0.2, 0.25) is 0 Å². The zero-order valence-electron chi connectivity index (χ0n) is 13.2. The topological polar surface area (TPSA) is 108 Å². The van der Waals surface area contributed by atoms with Crippen LogP contribution in [0.1, 0.15) is 20.8 Å². The van der Waals surface area contributed by atoms with Gasteiger partial charge in [0.15, 0.2) is 5.82 Å². The van der Waals surface area contributed by atoms with E-state index >= 15 is 0 Å². The highest BCUT2D eigenvalue weighted by atomic mass is 16.2. The van der Waals surface area contributed by atoms with Crippen molar-refractivity contribution in [3.05, 3.63) is 54.1 Å². The Hall–Kier alpha value is -3.42. The predicted octanol–water partition coefficient (Wildman–Crippen LogP) is 1.17. The molecule has 0 atom stereocenters. The smallest absolute Gasteiger partial charge is 0.272 e. The Balaban J connectivity index is 1.94. The van der Waals surface area contributed by atoms with Gasteiger partial charge in [-0.3, -0.25) is 9.59 Å². The number of hydrogen-bond acceptors (Lipinski definition) is 4. The second-order valence-corrected chi connectivity index (χ2v) is 5.35. The van der Waals surface area contributed by atoms with Crippen molar-refractivity contribution in [3.63, 3.8) is 0 Å². The molecule has 2 heterocycles. The zero-order valence-corrected chi connectivity index (χ0v) is 13.2. The average Bonchev–Trinajstić information content (AvgIpc) is 3.14. The molecular formula is C16H16N6O2. The van der Waals surface area contributed by atoms with E-state index in [1.165, 1.54) is 12.3 Å². The van der Waals surface area contributed by atoms with E-state index in [9.17, 15) is 9.59 Å². The Labute approximate surface area is 137 Å². The first-order valence-electron chi connectivity index (χ1n) is 7.18. The van der Waals surface area contributed by atoms with Gasteiger partial charge in [-0.1, -0.05) is 12.1 Å². The van der Waals surface area contributed by atoms with E-state index in [2.05, 4.69) is 15.5 Å². The van der Waals surface area contributed by atoms with Crippen LogP contribution in [-0.4, -0.2) is 31.1 Å². The minimum absolute atomic E-state index is 0.282. The molecule has 3 aromatic rings. The lowest BCUT2D eigenvalue weighted by molar-refractivity contribution is 0.0998. The van der Waals surface area contributed by atoms with Gasteiger partial charge in [-0.05, 0) is 18.2 Å². The molecule has 0 bridgehead atoms. The Morgan fingerprint density at radius 2 is 1.92 bits per heavy atom. The van der Waals surface area contributed by atoms with Crippen molar-refractivity contribution >= 4 is 17.5 Å². The molecule has 1 aromatic carbocycles. The summed E-state index contributed by atoms with van der Waals surface area (Å²) in [6.45, 7) is 0. The van der Waals surface area contributed by atoms with Crippen LogP contribution in [0, 0.1) is 0 Å². The molecule has 0 aliphatic rings. The monoisotopic (exact) mass is 324 g/mol. The number of primary amides is 1. The number of aryl methyl sites for hydroxylation is 2. The number of nitrogens with two attached hydrogens (primary N) is 1. The zero-order chi connectivity index (χ0) is 17.3. The number of amides is 2. The highest BCUT2D eigenvalue weighted by Gasteiger charge is 2.17. The Morgan fingerprint density at radius 3 is 2.54 bits per heavy atom. The standard InChI is InChI=1S/C16H16N6O2/c1-21-8-10(14(17)23)7-13(21)16(24)19-12-6-4-3-5-11(12)15-20-18-9-22(15)2/h3-9H,1-2H3,(H2,17,23)(H,19,24). The first kappa shape index (κ1) is 15.5. The van der Waals surface area contributed by atoms with E-state index in [-0.39, 0.29) is 11.5 Å². The maximum absolute atomic E-state index is 12.6. The fraction of sp³-hybridized carbons (Fsp3) is 0.125. The molecule has 0 radical (unpaired) electrons. The Morgan fingerprint density at radius 1 is 1.17 bits per heavy atom. The van der Waals surface area contributed by atoms with Crippen molar-refractivity contribution in [3.8, 4) is 11.4 Å². The number of anilines is 1. The molecule has 8 nitrogen and oxygen atoms in total. The number of rotatable bonds is 4. The minimum atomic E-state index is -0.580. The number of para-hydroxylation sites is 1. The molecule has 3 N–H and O–H groups in total. The van der Waals surface area contributed by atoms with Gasteiger partial charge in [0.1, 0.15) is 12.0 Å². The normalized spacial score (nSPS) is 10.6. The van der Waals surface area contributed by atoms with E-state index < -0.39 is 5.91 Å². The quantitative estimate of drug-likeness (QED) is 0.751. The van der Waals surface area contributed by atoms with Crippen LogP contribution in [-0.2, 0) is 14.1 Å². The summed E-state index contributed by atoms with van der Waals surface area (Å²) in [4.78, 5) is 23.8. The maximum Gasteiger partial charge on any atom is 0.272 e. The largest absolute Gasteiger partial charge is 0.366 e. The Kier molecular flexibility index (Phi) is 3.87. The van der Waals surface area contributed by atoms with E-state index in [1.54, 1.807) is 28.6 Å². The van der Waals surface area contributed by atoms with Gasteiger partial charge >= 0.3 is 0 Å². The molecule has 24 heavy (non-hydrogen) atoms. The van der Waals surface area contributed by atoms with E-state index in [1.807, 2.05) is 25.2 Å². The molecule has 0 spiro atoms. The second-order valence-electron chi connectivity index (χ2n) is 5.35. The molecule has 0 saturated heterocycles.